The molecule has 0 heterocycles. The Kier molecular flexibility index (Phi) is 5.80. The lowest BCUT2D eigenvalue weighted by atomic mass is 9.94. The van der Waals surface area contributed by atoms with Crippen molar-refractivity contribution in [3.05, 3.63) is 35.4 Å². The van der Waals surface area contributed by atoms with Crippen LogP contribution >= 0.6 is 0 Å². The maximum Gasteiger partial charge on any atom is 0.223 e. The Hall–Kier alpha value is -1.82. The minimum absolute atomic E-state index is 0.272. The second-order valence-electron chi connectivity index (χ2n) is 5.78. The van der Waals surface area contributed by atoms with E-state index in [0.717, 1.165) is 31.4 Å². The minimum Gasteiger partial charge on any atom is -0.340 e. The Morgan fingerprint density at radius 3 is 2.48 bits per heavy atom. The molecule has 0 atom stereocenters. The first kappa shape index (κ1) is 15.6. The van der Waals surface area contributed by atoms with Crippen LogP contribution in [0.15, 0.2) is 24.3 Å². The van der Waals surface area contributed by atoms with Crippen molar-refractivity contribution < 1.29 is 4.79 Å². The SMILES string of the molecule is CCN(C(=O)CCc1ccc(C#N)cc1)C1CCCCC1. The summed E-state index contributed by atoms with van der Waals surface area (Å²) >= 11 is 0. The van der Waals surface area contributed by atoms with Crippen molar-refractivity contribution in [1.29, 1.82) is 5.26 Å². The van der Waals surface area contributed by atoms with Crippen molar-refractivity contribution >= 4 is 5.91 Å². The van der Waals surface area contributed by atoms with Gasteiger partial charge in [-0.25, -0.2) is 0 Å². The Morgan fingerprint density at radius 1 is 1.24 bits per heavy atom. The average molecular weight is 284 g/mol. The van der Waals surface area contributed by atoms with Crippen LogP contribution in [0.2, 0.25) is 0 Å². The standard InChI is InChI=1S/C18H24N2O/c1-2-20(17-6-4-3-5-7-17)18(21)13-12-15-8-10-16(14-19)11-9-15/h8-11,17H,2-7,12-13H2,1H3. The van der Waals surface area contributed by atoms with E-state index in [1.165, 1.54) is 19.3 Å². The van der Waals surface area contributed by atoms with Gasteiger partial charge in [-0.05, 0) is 43.9 Å². The molecule has 1 amide bonds. The molecule has 1 aromatic carbocycles. The summed E-state index contributed by atoms with van der Waals surface area (Å²) in [7, 11) is 0. The molecule has 0 radical (unpaired) electrons. The van der Waals surface area contributed by atoms with E-state index in [1.54, 1.807) is 0 Å². The maximum atomic E-state index is 12.4. The number of rotatable bonds is 5. The lowest BCUT2D eigenvalue weighted by molar-refractivity contribution is -0.133. The van der Waals surface area contributed by atoms with Crippen LogP contribution in [-0.4, -0.2) is 23.4 Å². The zero-order chi connectivity index (χ0) is 15.1. The Bertz CT molecular complexity index is 495. The van der Waals surface area contributed by atoms with E-state index in [9.17, 15) is 4.79 Å². The predicted octanol–water partition coefficient (Wildman–Crippen LogP) is 3.67. The molecule has 1 saturated carbocycles. The summed E-state index contributed by atoms with van der Waals surface area (Å²) in [6.45, 7) is 2.89. The number of nitrogens with zero attached hydrogens (tertiary/aromatic N) is 2. The molecule has 0 spiro atoms. The second kappa shape index (κ2) is 7.83. The summed E-state index contributed by atoms with van der Waals surface area (Å²) < 4.78 is 0. The Balaban J connectivity index is 1.88. The molecule has 3 heteroatoms. The van der Waals surface area contributed by atoms with Crippen LogP contribution in [0.1, 0.15) is 56.6 Å². The third-order valence-corrected chi connectivity index (χ3v) is 4.39. The van der Waals surface area contributed by atoms with Gasteiger partial charge in [0.15, 0.2) is 0 Å². The van der Waals surface area contributed by atoms with Crippen LogP contribution < -0.4 is 0 Å². The smallest absolute Gasteiger partial charge is 0.223 e. The highest BCUT2D eigenvalue weighted by molar-refractivity contribution is 5.76. The fourth-order valence-electron chi connectivity index (χ4n) is 3.17. The van der Waals surface area contributed by atoms with Crippen molar-refractivity contribution in [3.63, 3.8) is 0 Å². The maximum absolute atomic E-state index is 12.4. The van der Waals surface area contributed by atoms with Gasteiger partial charge in [0, 0.05) is 19.0 Å². The zero-order valence-electron chi connectivity index (χ0n) is 12.8. The van der Waals surface area contributed by atoms with Crippen LogP contribution in [0, 0.1) is 11.3 Å². The van der Waals surface area contributed by atoms with Gasteiger partial charge in [0.2, 0.25) is 5.91 Å². The molecule has 1 fully saturated rings. The zero-order valence-corrected chi connectivity index (χ0v) is 12.8. The first-order valence-corrected chi connectivity index (χ1v) is 8.03. The average Bonchev–Trinajstić information content (AvgIpc) is 2.55. The number of nitriles is 1. The highest BCUT2D eigenvalue weighted by atomic mass is 16.2. The van der Waals surface area contributed by atoms with Crippen molar-refractivity contribution in [2.24, 2.45) is 0 Å². The lowest BCUT2D eigenvalue weighted by Gasteiger charge is -2.33. The molecule has 2 rings (SSSR count). The Labute approximate surface area is 127 Å². The molecule has 1 aliphatic carbocycles. The highest BCUT2D eigenvalue weighted by Gasteiger charge is 2.23. The van der Waals surface area contributed by atoms with Gasteiger partial charge < -0.3 is 4.90 Å². The molecule has 112 valence electrons. The van der Waals surface area contributed by atoms with Crippen LogP contribution in [0.5, 0.6) is 0 Å². The van der Waals surface area contributed by atoms with Crippen molar-refractivity contribution in [2.75, 3.05) is 6.54 Å². The number of amides is 1. The highest BCUT2D eigenvalue weighted by Crippen LogP contribution is 2.23. The number of aryl methyl sites for hydroxylation is 1. The molecule has 0 bridgehead atoms. The quantitative estimate of drug-likeness (QED) is 0.828. The predicted molar refractivity (Wildman–Crippen MR) is 83.7 cm³/mol. The number of carbonyl (C=O) groups excluding carboxylic acids is 1. The molecule has 0 unspecified atom stereocenters. The molecule has 0 saturated heterocycles. The summed E-state index contributed by atoms with van der Waals surface area (Å²) in [5, 5.41) is 8.78. The summed E-state index contributed by atoms with van der Waals surface area (Å²) in [6.07, 6.45) is 7.47. The molecular formula is C18H24N2O. The molecular weight excluding hydrogens is 260 g/mol. The van der Waals surface area contributed by atoms with Gasteiger partial charge in [0.05, 0.1) is 11.6 Å². The summed E-state index contributed by atoms with van der Waals surface area (Å²) in [4.78, 5) is 14.5. The van der Waals surface area contributed by atoms with Gasteiger partial charge in [0.1, 0.15) is 0 Å². The summed E-state index contributed by atoms with van der Waals surface area (Å²) in [5.74, 6) is 0.272. The van der Waals surface area contributed by atoms with E-state index in [4.69, 9.17) is 5.26 Å². The molecule has 0 aromatic heterocycles. The normalized spacial score (nSPS) is 15.4. The summed E-state index contributed by atoms with van der Waals surface area (Å²) in [5.41, 5.74) is 1.80. The first-order chi connectivity index (χ1) is 10.2. The van der Waals surface area contributed by atoms with Gasteiger partial charge in [-0.1, -0.05) is 31.4 Å². The second-order valence-corrected chi connectivity index (χ2v) is 5.78. The number of hydrogen-bond donors (Lipinski definition) is 0. The molecule has 1 aromatic rings. The minimum atomic E-state index is 0.272. The van der Waals surface area contributed by atoms with Crippen LogP contribution in [0.4, 0.5) is 0 Å². The molecule has 3 nitrogen and oxygen atoms in total. The fraction of sp³-hybridized carbons (Fsp3) is 0.556. The fourth-order valence-corrected chi connectivity index (χ4v) is 3.17. The van der Waals surface area contributed by atoms with E-state index in [1.807, 2.05) is 24.3 Å². The van der Waals surface area contributed by atoms with Gasteiger partial charge >= 0.3 is 0 Å². The van der Waals surface area contributed by atoms with E-state index in [2.05, 4.69) is 17.9 Å². The number of carbonyl (C=O) groups is 1. The number of benzene rings is 1. The lowest BCUT2D eigenvalue weighted by Crippen LogP contribution is -2.41. The molecule has 1 aliphatic rings. The van der Waals surface area contributed by atoms with Crippen molar-refractivity contribution in [1.82, 2.24) is 4.90 Å². The van der Waals surface area contributed by atoms with Gasteiger partial charge in [-0.2, -0.15) is 5.26 Å². The van der Waals surface area contributed by atoms with Gasteiger partial charge in [-0.15, -0.1) is 0 Å². The monoisotopic (exact) mass is 284 g/mol. The van der Waals surface area contributed by atoms with E-state index < -0.39 is 0 Å². The van der Waals surface area contributed by atoms with Crippen LogP contribution in [-0.2, 0) is 11.2 Å². The van der Waals surface area contributed by atoms with Crippen molar-refractivity contribution in [2.45, 2.75) is 57.9 Å². The summed E-state index contributed by atoms with van der Waals surface area (Å²) in [6, 6.07) is 10.1. The molecule has 21 heavy (non-hydrogen) atoms. The Morgan fingerprint density at radius 2 is 1.90 bits per heavy atom. The van der Waals surface area contributed by atoms with Gasteiger partial charge in [0.25, 0.3) is 0 Å². The third-order valence-electron chi connectivity index (χ3n) is 4.39. The first-order valence-electron chi connectivity index (χ1n) is 8.03. The number of hydrogen-bond acceptors (Lipinski definition) is 2. The van der Waals surface area contributed by atoms with Crippen molar-refractivity contribution in [3.8, 4) is 6.07 Å². The van der Waals surface area contributed by atoms with Gasteiger partial charge in [-0.3, -0.25) is 4.79 Å². The third kappa shape index (κ3) is 4.32. The largest absolute Gasteiger partial charge is 0.340 e. The molecule has 0 aliphatic heterocycles. The van der Waals surface area contributed by atoms with Crippen LogP contribution in [0.25, 0.3) is 0 Å². The molecule has 0 N–H and O–H groups in total. The van der Waals surface area contributed by atoms with E-state index in [-0.39, 0.29) is 5.91 Å². The van der Waals surface area contributed by atoms with E-state index >= 15 is 0 Å². The van der Waals surface area contributed by atoms with Crippen LogP contribution in [0.3, 0.4) is 0 Å². The van der Waals surface area contributed by atoms with E-state index in [0.29, 0.717) is 18.0 Å². The topological polar surface area (TPSA) is 44.1 Å².